The zero-order chi connectivity index (χ0) is 6.91. The van der Waals surface area contributed by atoms with E-state index >= 15 is 0 Å². The van der Waals surface area contributed by atoms with Crippen LogP contribution in [0.2, 0.25) is 0 Å². The van der Waals surface area contributed by atoms with E-state index in [1.807, 2.05) is 0 Å². The Bertz CT molecular complexity index is 175. The number of nitrogens with zero attached hydrogens (tertiary/aromatic N) is 2. The summed E-state index contributed by atoms with van der Waals surface area (Å²) in [7, 11) is 0. The van der Waals surface area contributed by atoms with E-state index in [-0.39, 0.29) is 0 Å². The fraction of sp³-hybridized carbons (Fsp3) is 0.400. The molecule has 0 bridgehead atoms. The Morgan fingerprint density at radius 2 is 2.33 bits per heavy atom. The normalized spacial score (nSPS) is 11.9. The van der Waals surface area contributed by atoms with Gasteiger partial charge >= 0.3 is 6.05 Å². The van der Waals surface area contributed by atoms with Crippen LogP contribution in [-0.4, -0.2) is 9.78 Å². The molecule has 0 aliphatic carbocycles. The van der Waals surface area contributed by atoms with E-state index in [0.29, 0.717) is 4.68 Å². The van der Waals surface area contributed by atoms with Crippen LogP contribution in [0.4, 0.5) is 8.78 Å². The molecule has 0 unspecified atom stereocenters. The maximum Gasteiger partial charge on any atom is 0.340 e. The van der Waals surface area contributed by atoms with Crippen molar-refractivity contribution in [2.75, 3.05) is 0 Å². The van der Waals surface area contributed by atoms with Gasteiger partial charge in [-0.25, -0.2) is 4.68 Å². The fourth-order valence-corrected chi connectivity index (χ4v) is 0.448. The van der Waals surface area contributed by atoms with Crippen LogP contribution >= 0.6 is 0 Å². The third-order valence-electron chi connectivity index (χ3n) is 0.856. The quantitative estimate of drug-likeness (QED) is 0.560. The van der Waals surface area contributed by atoms with Crippen molar-refractivity contribution in [2.24, 2.45) is 0 Å². The third kappa shape index (κ3) is 1.25. The van der Waals surface area contributed by atoms with Gasteiger partial charge in [0.2, 0.25) is 0 Å². The monoisotopic (exact) mass is 131 g/mol. The van der Waals surface area contributed by atoms with Gasteiger partial charge in [0.1, 0.15) is 0 Å². The molecule has 0 saturated heterocycles. The van der Waals surface area contributed by atoms with Crippen LogP contribution in [0, 0.1) is 6.07 Å². The molecule has 2 nitrogen and oxygen atoms in total. The Balaban J connectivity index is 2.90. The van der Waals surface area contributed by atoms with Crippen molar-refractivity contribution >= 4 is 0 Å². The summed E-state index contributed by atoms with van der Waals surface area (Å²) in [5.74, 6) is 0. The summed E-state index contributed by atoms with van der Waals surface area (Å²) < 4.78 is 24.9. The first-order chi connectivity index (χ1) is 4.11. The standard InChI is InChI=1S/C5H5F2N2/c1-5(6,7)9-4-2-3-8-9/h3-4H,1H3. The molecule has 0 aromatic carbocycles. The molecule has 1 heterocycles. The Hall–Kier alpha value is -0.930. The van der Waals surface area contributed by atoms with E-state index < -0.39 is 6.05 Å². The first-order valence-electron chi connectivity index (χ1n) is 2.40. The van der Waals surface area contributed by atoms with Crippen LogP contribution in [-0.2, 0) is 6.05 Å². The molecule has 1 rings (SSSR count). The van der Waals surface area contributed by atoms with Gasteiger partial charge in [-0.15, -0.1) is 0 Å². The highest BCUT2D eigenvalue weighted by atomic mass is 19.3. The van der Waals surface area contributed by atoms with Crippen molar-refractivity contribution in [2.45, 2.75) is 13.0 Å². The Labute approximate surface area is 51.1 Å². The van der Waals surface area contributed by atoms with Gasteiger partial charge in [0.15, 0.2) is 0 Å². The molecule has 1 aromatic heterocycles. The minimum atomic E-state index is -2.90. The largest absolute Gasteiger partial charge is 0.340 e. The van der Waals surface area contributed by atoms with Gasteiger partial charge < -0.3 is 0 Å². The Morgan fingerprint density at radius 3 is 2.56 bits per heavy atom. The van der Waals surface area contributed by atoms with E-state index in [2.05, 4.69) is 11.2 Å². The van der Waals surface area contributed by atoms with Gasteiger partial charge in [-0.3, -0.25) is 0 Å². The summed E-state index contributed by atoms with van der Waals surface area (Å²) >= 11 is 0. The molecule has 0 aliphatic heterocycles. The zero-order valence-corrected chi connectivity index (χ0v) is 4.81. The molecule has 49 valence electrons. The maximum absolute atomic E-state index is 12.2. The number of aromatic nitrogens is 2. The van der Waals surface area contributed by atoms with E-state index in [1.54, 1.807) is 0 Å². The third-order valence-corrected chi connectivity index (χ3v) is 0.856. The Kier molecular flexibility index (Phi) is 1.23. The summed E-state index contributed by atoms with van der Waals surface area (Å²) in [6.07, 6.45) is 2.29. The highest BCUT2D eigenvalue weighted by Gasteiger charge is 2.22. The fourth-order valence-electron chi connectivity index (χ4n) is 0.448. The summed E-state index contributed by atoms with van der Waals surface area (Å²) in [6.45, 7) is 0.772. The van der Waals surface area contributed by atoms with Crippen LogP contribution in [0.5, 0.6) is 0 Å². The maximum atomic E-state index is 12.2. The first-order valence-corrected chi connectivity index (χ1v) is 2.40. The molecule has 1 radical (unpaired) electrons. The minimum absolute atomic E-state index is 0.549. The van der Waals surface area contributed by atoms with Crippen molar-refractivity contribution in [1.82, 2.24) is 9.78 Å². The lowest BCUT2D eigenvalue weighted by Crippen LogP contribution is -2.18. The highest BCUT2D eigenvalue weighted by Crippen LogP contribution is 2.16. The average Bonchev–Trinajstić information content (AvgIpc) is 2.08. The molecule has 0 amide bonds. The van der Waals surface area contributed by atoms with Gasteiger partial charge in [0.05, 0.1) is 6.20 Å². The molecular weight excluding hydrogens is 126 g/mol. The molecule has 0 saturated carbocycles. The van der Waals surface area contributed by atoms with Crippen LogP contribution in [0.15, 0.2) is 12.4 Å². The van der Waals surface area contributed by atoms with Gasteiger partial charge in [-0.1, -0.05) is 0 Å². The predicted octanol–water partition coefficient (Wildman–Crippen LogP) is 1.25. The smallest absolute Gasteiger partial charge is 0.209 e. The molecule has 1 aromatic rings. The van der Waals surface area contributed by atoms with Gasteiger partial charge in [-0.05, 0) is 0 Å². The molecule has 0 N–H and O–H groups in total. The molecule has 0 atom stereocenters. The summed E-state index contributed by atoms with van der Waals surface area (Å²) in [5, 5.41) is 3.30. The molecular formula is C5H5F2N2. The molecule has 0 aliphatic rings. The van der Waals surface area contributed by atoms with Crippen LogP contribution in [0.1, 0.15) is 6.92 Å². The lowest BCUT2D eigenvalue weighted by atomic mass is 10.6. The molecule has 0 spiro atoms. The van der Waals surface area contributed by atoms with Gasteiger partial charge in [0, 0.05) is 19.2 Å². The van der Waals surface area contributed by atoms with E-state index in [4.69, 9.17) is 0 Å². The van der Waals surface area contributed by atoms with Crippen molar-refractivity contribution in [3.05, 3.63) is 18.5 Å². The summed E-state index contributed by atoms with van der Waals surface area (Å²) in [5.41, 5.74) is 0. The molecule has 4 heteroatoms. The van der Waals surface area contributed by atoms with Crippen molar-refractivity contribution in [3.63, 3.8) is 0 Å². The number of hydrogen-bond donors (Lipinski definition) is 0. The lowest BCUT2D eigenvalue weighted by Gasteiger charge is -2.08. The van der Waals surface area contributed by atoms with Crippen molar-refractivity contribution in [1.29, 1.82) is 0 Å². The molecule has 0 fully saturated rings. The second-order valence-corrected chi connectivity index (χ2v) is 1.73. The summed E-state index contributed by atoms with van der Waals surface area (Å²) in [6, 6.07) is -0.495. The summed E-state index contributed by atoms with van der Waals surface area (Å²) in [4.78, 5) is 0. The predicted molar refractivity (Wildman–Crippen MR) is 26.9 cm³/mol. The second-order valence-electron chi connectivity index (χ2n) is 1.73. The van der Waals surface area contributed by atoms with E-state index in [0.717, 1.165) is 13.1 Å². The van der Waals surface area contributed by atoms with Gasteiger partial charge in [-0.2, -0.15) is 13.9 Å². The topological polar surface area (TPSA) is 17.8 Å². The molecule has 9 heavy (non-hydrogen) atoms. The first kappa shape index (κ1) is 6.19. The Morgan fingerprint density at radius 1 is 1.67 bits per heavy atom. The number of alkyl halides is 2. The van der Waals surface area contributed by atoms with Crippen LogP contribution in [0.25, 0.3) is 0 Å². The lowest BCUT2D eigenvalue weighted by molar-refractivity contribution is -0.0723. The number of halogens is 2. The minimum Gasteiger partial charge on any atom is -0.209 e. The van der Waals surface area contributed by atoms with Crippen LogP contribution in [0.3, 0.4) is 0 Å². The SMILES string of the molecule is CC(F)(F)n1c[c]cn1. The second kappa shape index (κ2) is 1.79. The average molecular weight is 131 g/mol. The number of rotatable bonds is 1. The van der Waals surface area contributed by atoms with E-state index in [9.17, 15) is 8.78 Å². The van der Waals surface area contributed by atoms with Crippen LogP contribution < -0.4 is 0 Å². The zero-order valence-electron chi connectivity index (χ0n) is 4.81. The highest BCUT2D eigenvalue weighted by molar-refractivity contribution is 4.76. The van der Waals surface area contributed by atoms with Crippen molar-refractivity contribution < 1.29 is 8.78 Å². The van der Waals surface area contributed by atoms with Crippen molar-refractivity contribution in [3.8, 4) is 0 Å². The number of hydrogen-bond acceptors (Lipinski definition) is 1. The van der Waals surface area contributed by atoms with E-state index in [1.165, 1.54) is 6.20 Å². The van der Waals surface area contributed by atoms with Gasteiger partial charge in [0.25, 0.3) is 0 Å².